The van der Waals surface area contributed by atoms with E-state index in [4.69, 9.17) is 0 Å². The number of hydrogen-bond acceptors (Lipinski definition) is 1. The van der Waals surface area contributed by atoms with E-state index in [1.165, 1.54) is 5.56 Å². The molecule has 72 valence electrons. The molecule has 2 rings (SSSR count). The summed E-state index contributed by atoms with van der Waals surface area (Å²) < 4.78 is 2.22. The number of rotatable bonds is 3. The second-order valence-corrected chi connectivity index (χ2v) is 3.34. The maximum Gasteiger partial charge on any atom is 0.0592 e. The molecule has 0 aliphatic heterocycles. The van der Waals surface area contributed by atoms with Gasteiger partial charge in [0.2, 0.25) is 0 Å². The van der Waals surface area contributed by atoms with Gasteiger partial charge in [-0.3, -0.25) is 4.98 Å². The number of nitrogens with zero attached hydrogens (tertiary/aromatic N) is 2. The Morgan fingerprint density at radius 2 is 2.07 bits per heavy atom. The van der Waals surface area contributed by atoms with Crippen molar-refractivity contribution < 1.29 is 0 Å². The standard InChI is InChI=1S/C12H14N2/c1-2-12(14-8-3-4-9-14)11-6-5-7-13-10-11/h3-10,12H,2H2,1H3. The first-order valence-electron chi connectivity index (χ1n) is 4.94. The second-order valence-electron chi connectivity index (χ2n) is 3.34. The van der Waals surface area contributed by atoms with Crippen LogP contribution in [-0.4, -0.2) is 9.55 Å². The van der Waals surface area contributed by atoms with Crippen molar-refractivity contribution in [3.8, 4) is 0 Å². The molecule has 0 aliphatic carbocycles. The van der Waals surface area contributed by atoms with Crippen LogP contribution in [0.1, 0.15) is 24.9 Å². The van der Waals surface area contributed by atoms with Crippen LogP contribution in [0.3, 0.4) is 0 Å². The Labute approximate surface area is 84.2 Å². The van der Waals surface area contributed by atoms with Crippen molar-refractivity contribution in [2.24, 2.45) is 0 Å². The minimum absolute atomic E-state index is 0.415. The lowest BCUT2D eigenvalue weighted by Crippen LogP contribution is -2.07. The molecule has 0 amide bonds. The van der Waals surface area contributed by atoms with Crippen molar-refractivity contribution >= 4 is 0 Å². The summed E-state index contributed by atoms with van der Waals surface area (Å²) in [6.45, 7) is 2.19. The summed E-state index contributed by atoms with van der Waals surface area (Å²) in [6, 6.07) is 8.64. The molecule has 0 saturated heterocycles. The van der Waals surface area contributed by atoms with Crippen LogP contribution in [0.15, 0.2) is 49.1 Å². The largest absolute Gasteiger partial charge is 0.347 e. The molecular formula is C12H14N2. The molecule has 2 heteroatoms. The monoisotopic (exact) mass is 186 g/mol. The molecule has 0 fully saturated rings. The molecule has 2 aromatic rings. The van der Waals surface area contributed by atoms with E-state index in [2.05, 4.69) is 47.1 Å². The first kappa shape index (κ1) is 9.00. The number of aromatic nitrogens is 2. The van der Waals surface area contributed by atoms with E-state index in [0.717, 1.165) is 6.42 Å². The van der Waals surface area contributed by atoms with E-state index >= 15 is 0 Å². The Morgan fingerprint density at radius 3 is 2.64 bits per heavy atom. The van der Waals surface area contributed by atoms with E-state index in [0.29, 0.717) is 6.04 Å². The van der Waals surface area contributed by atoms with Crippen LogP contribution in [0.4, 0.5) is 0 Å². The molecule has 0 spiro atoms. The average Bonchev–Trinajstić information content (AvgIpc) is 2.74. The van der Waals surface area contributed by atoms with Crippen LogP contribution in [0, 0.1) is 0 Å². The Kier molecular flexibility index (Phi) is 2.63. The van der Waals surface area contributed by atoms with Crippen LogP contribution in [0.5, 0.6) is 0 Å². The molecule has 1 atom stereocenters. The summed E-state index contributed by atoms with van der Waals surface area (Å²) >= 11 is 0. The zero-order valence-corrected chi connectivity index (χ0v) is 8.30. The number of hydrogen-bond donors (Lipinski definition) is 0. The summed E-state index contributed by atoms with van der Waals surface area (Å²) in [5, 5.41) is 0. The van der Waals surface area contributed by atoms with Gasteiger partial charge in [-0.15, -0.1) is 0 Å². The fourth-order valence-electron chi connectivity index (χ4n) is 1.75. The molecule has 2 nitrogen and oxygen atoms in total. The molecule has 0 N–H and O–H groups in total. The lowest BCUT2D eigenvalue weighted by atomic mass is 10.1. The van der Waals surface area contributed by atoms with Crippen LogP contribution < -0.4 is 0 Å². The second kappa shape index (κ2) is 4.09. The first-order chi connectivity index (χ1) is 6.92. The molecule has 0 aliphatic rings. The molecule has 1 unspecified atom stereocenters. The summed E-state index contributed by atoms with van der Waals surface area (Å²) in [6.07, 6.45) is 9.03. The Balaban J connectivity index is 2.31. The van der Waals surface area contributed by atoms with Crippen LogP contribution in [-0.2, 0) is 0 Å². The molecule has 2 heterocycles. The molecule has 0 bridgehead atoms. The van der Waals surface area contributed by atoms with Gasteiger partial charge in [0.05, 0.1) is 6.04 Å². The van der Waals surface area contributed by atoms with Crippen LogP contribution in [0.25, 0.3) is 0 Å². The highest BCUT2D eigenvalue weighted by atomic mass is 15.0. The molecule has 2 aromatic heterocycles. The maximum absolute atomic E-state index is 4.15. The molecule has 0 saturated carbocycles. The lowest BCUT2D eigenvalue weighted by molar-refractivity contribution is 0.567. The van der Waals surface area contributed by atoms with E-state index in [-0.39, 0.29) is 0 Å². The highest BCUT2D eigenvalue weighted by molar-refractivity contribution is 5.15. The third kappa shape index (κ3) is 1.69. The van der Waals surface area contributed by atoms with Gasteiger partial charge in [-0.1, -0.05) is 13.0 Å². The average molecular weight is 186 g/mol. The van der Waals surface area contributed by atoms with Gasteiger partial charge in [-0.2, -0.15) is 0 Å². The van der Waals surface area contributed by atoms with Gasteiger partial charge >= 0.3 is 0 Å². The minimum Gasteiger partial charge on any atom is -0.347 e. The van der Waals surface area contributed by atoms with E-state index in [1.54, 1.807) is 0 Å². The number of pyridine rings is 1. The fraction of sp³-hybridized carbons (Fsp3) is 0.250. The van der Waals surface area contributed by atoms with Gasteiger partial charge in [0.25, 0.3) is 0 Å². The van der Waals surface area contributed by atoms with E-state index < -0.39 is 0 Å². The van der Waals surface area contributed by atoms with Crippen LogP contribution >= 0.6 is 0 Å². The lowest BCUT2D eigenvalue weighted by Gasteiger charge is -2.16. The third-order valence-corrected chi connectivity index (χ3v) is 2.44. The van der Waals surface area contributed by atoms with Crippen molar-refractivity contribution in [1.29, 1.82) is 0 Å². The topological polar surface area (TPSA) is 17.8 Å². The highest BCUT2D eigenvalue weighted by Gasteiger charge is 2.09. The highest BCUT2D eigenvalue weighted by Crippen LogP contribution is 2.20. The van der Waals surface area contributed by atoms with Gasteiger partial charge in [0.1, 0.15) is 0 Å². The van der Waals surface area contributed by atoms with Gasteiger partial charge in [-0.05, 0) is 30.2 Å². The van der Waals surface area contributed by atoms with Crippen molar-refractivity contribution in [2.45, 2.75) is 19.4 Å². The normalized spacial score (nSPS) is 12.6. The van der Waals surface area contributed by atoms with E-state index in [1.807, 2.05) is 18.5 Å². The summed E-state index contributed by atoms with van der Waals surface area (Å²) in [5.74, 6) is 0. The van der Waals surface area contributed by atoms with Crippen molar-refractivity contribution in [3.05, 3.63) is 54.6 Å². The van der Waals surface area contributed by atoms with Crippen molar-refractivity contribution in [3.63, 3.8) is 0 Å². The van der Waals surface area contributed by atoms with Gasteiger partial charge in [0, 0.05) is 24.8 Å². The molecule has 0 aromatic carbocycles. The summed E-state index contributed by atoms with van der Waals surface area (Å²) in [7, 11) is 0. The Bertz CT molecular complexity index is 364. The summed E-state index contributed by atoms with van der Waals surface area (Å²) in [5.41, 5.74) is 1.27. The first-order valence-corrected chi connectivity index (χ1v) is 4.94. The quantitative estimate of drug-likeness (QED) is 0.720. The van der Waals surface area contributed by atoms with Crippen molar-refractivity contribution in [1.82, 2.24) is 9.55 Å². The van der Waals surface area contributed by atoms with Gasteiger partial charge in [0.15, 0.2) is 0 Å². The maximum atomic E-state index is 4.15. The van der Waals surface area contributed by atoms with Crippen LogP contribution in [0.2, 0.25) is 0 Å². The molecular weight excluding hydrogens is 172 g/mol. The predicted molar refractivity (Wildman–Crippen MR) is 57.1 cm³/mol. The van der Waals surface area contributed by atoms with E-state index in [9.17, 15) is 0 Å². The molecule has 14 heavy (non-hydrogen) atoms. The van der Waals surface area contributed by atoms with Gasteiger partial charge in [-0.25, -0.2) is 0 Å². The SMILES string of the molecule is CCC(c1cccnc1)n1cccc1. The summed E-state index contributed by atoms with van der Waals surface area (Å²) in [4.78, 5) is 4.15. The predicted octanol–water partition coefficient (Wildman–Crippen LogP) is 2.88. The van der Waals surface area contributed by atoms with Gasteiger partial charge < -0.3 is 4.57 Å². The smallest absolute Gasteiger partial charge is 0.0592 e. The minimum atomic E-state index is 0.415. The third-order valence-electron chi connectivity index (χ3n) is 2.44. The Morgan fingerprint density at radius 1 is 1.29 bits per heavy atom. The zero-order valence-electron chi connectivity index (χ0n) is 8.30. The van der Waals surface area contributed by atoms with Crippen molar-refractivity contribution in [2.75, 3.05) is 0 Å². The molecule has 0 radical (unpaired) electrons. The Hall–Kier alpha value is -1.57. The fourth-order valence-corrected chi connectivity index (χ4v) is 1.75. The zero-order chi connectivity index (χ0) is 9.80.